The van der Waals surface area contributed by atoms with E-state index in [1.807, 2.05) is 36.4 Å². The van der Waals surface area contributed by atoms with E-state index in [0.717, 1.165) is 46.9 Å². The third kappa shape index (κ3) is 11.2. The molecule has 14 nitrogen and oxygen atoms in total. The minimum absolute atomic E-state index is 0.489. The molecule has 0 unspecified atom stereocenters. The quantitative estimate of drug-likeness (QED) is 0.115. The third-order valence-corrected chi connectivity index (χ3v) is 10.8. The maximum absolute atomic E-state index is 8.91. The van der Waals surface area contributed by atoms with E-state index in [-0.39, 0.29) is 0 Å². The second kappa shape index (κ2) is 21.1. The number of benzene rings is 4. The molecule has 0 aliphatic carbocycles. The number of terminal acetylenes is 1. The molecule has 6 heterocycles. The molecule has 0 saturated carbocycles. The molecule has 324 valence electrons. The number of methoxy groups -OCH3 is 2. The first kappa shape index (κ1) is 44.6. The fraction of sp³-hybridized carbons (Fsp3) is 0.115. The van der Waals surface area contributed by atoms with Gasteiger partial charge in [0.15, 0.2) is 11.6 Å². The molecular formula is C52H37BrN12O2. The fourth-order valence-corrected chi connectivity index (χ4v) is 7.23. The maximum atomic E-state index is 8.91. The van der Waals surface area contributed by atoms with Gasteiger partial charge < -0.3 is 19.3 Å². The summed E-state index contributed by atoms with van der Waals surface area (Å²) in [5, 5.41) is 17.3. The summed E-state index contributed by atoms with van der Waals surface area (Å²) in [6.07, 6.45) is 11.9. The molecule has 2 aliphatic heterocycles. The van der Waals surface area contributed by atoms with Crippen molar-refractivity contribution in [2.75, 3.05) is 24.0 Å². The SMILES string of the molecule is C#Cc1ccc(C#N)cc1.COc1ccc2c(c1)CN(c1nccc(-c3nccc(Br)n3)n1)C2.COc1ccc2c(c1)CN(c1nccc(-c3nccc(C#Cc4ccc(C#N)cc4)n3)n1)C2. The molecule has 2 aliphatic rings. The van der Waals surface area contributed by atoms with Crippen LogP contribution in [0.25, 0.3) is 23.0 Å². The molecule has 0 fully saturated rings. The lowest BCUT2D eigenvalue weighted by atomic mass is 10.1. The Labute approximate surface area is 395 Å². The predicted octanol–water partition coefficient (Wildman–Crippen LogP) is 8.50. The highest BCUT2D eigenvalue weighted by Crippen LogP contribution is 2.31. The third-order valence-electron chi connectivity index (χ3n) is 10.4. The van der Waals surface area contributed by atoms with Gasteiger partial charge in [0.1, 0.15) is 33.2 Å². The summed E-state index contributed by atoms with van der Waals surface area (Å²) < 4.78 is 11.4. The van der Waals surface area contributed by atoms with E-state index in [1.165, 1.54) is 22.3 Å². The van der Waals surface area contributed by atoms with Gasteiger partial charge >= 0.3 is 0 Å². The Bertz CT molecular complexity index is 3230. The standard InChI is InChI=1S/C26H18N6O.C17H14BrN5O.C9H5N/c1-33-23-9-7-20-16-32(17-21(20)14-23)26-29-13-11-24(31-26)25-28-12-10-22(30-25)8-6-18-2-4-19(15-27)5-3-18;1-24-13-3-2-11-9-23(10-12(11)8-13)17-20-6-4-14(21-17)16-19-7-5-15(18)22-16;1-2-8-3-5-9(7-10)6-4-8/h2-5,7,9-14H,16-17H2,1H3;2-8H,9-10H2,1H3;1,3-6H. The predicted molar refractivity (Wildman–Crippen MR) is 256 cm³/mol. The number of ether oxygens (including phenoxy) is 2. The molecule has 0 radical (unpaired) electrons. The molecule has 0 spiro atoms. The lowest BCUT2D eigenvalue weighted by molar-refractivity contribution is 0.414. The van der Waals surface area contributed by atoms with Crippen LogP contribution in [0, 0.1) is 46.8 Å². The van der Waals surface area contributed by atoms with Crippen LogP contribution in [0.1, 0.15) is 50.2 Å². The van der Waals surface area contributed by atoms with E-state index in [1.54, 1.807) is 93.6 Å². The van der Waals surface area contributed by atoms with Crippen LogP contribution in [0.5, 0.6) is 11.5 Å². The van der Waals surface area contributed by atoms with Crippen LogP contribution in [0.15, 0.2) is 139 Å². The zero-order chi connectivity index (χ0) is 46.5. The number of nitriles is 2. The van der Waals surface area contributed by atoms with Crippen LogP contribution in [-0.4, -0.2) is 54.1 Å². The van der Waals surface area contributed by atoms with Gasteiger partial charge in [0.2, 0.25) is 11.9 Å². The zero-order valence-corrected chi connectivity index (χ0v) is 37.8. The molecule has 4 aromatic heterocycles. The van der Waals surface area contributed by atoms with Gasteiger partial charge in [-0.25, -0.2) is 39.9 Å². The van der Waals surface area contributed by atoms with Gasteiger partial charge in [0, 0.05) is 62.1 Å². The molecule has 0 N–H and O–H groups in total. The lowest BCUT2D eigenvalue weighted by Gasteiger charge is -2.15. The largest absolute Gasteiger partial charge is 0.497 e. The van der Waals surface area contributed by atoms with Crippen LogP contribution in [0.4, 0.5) is 11.9 Å². The molecule has 15 heteroatoms. The Morgan fingerprint density at radius 3 is 1.46 bits per heavy atom. The molecule has 0 atom stereocenters. The van der Waals surface area contributed by atoms with E-state index in [0.29, 0.717) is 58.3 Å². The first-order chi connectivity index (χ1) is 32.8. The number of aromatic nitrogens is 8. The number of fused-ring (bicyclic) bond motifs is 2. The molecule has 0 bridgehead atoms. The number of hydrogen-bond donors (Lipinski definition) is 0. The summed E-state index contributed by atoms with van der Waals surface area (Å²) in [7, 11) is 3.35. The van der Waals surface area contributed by atoms with E-state index in [9.17, 15) is 0 Å². The van der Waals surface area contributed by atoms with Crippen molar-refractivity contribution < 1.29 is 9.47 Å². The second-order valence-electron chi connectivity index (χ2n) is 14.7. The summed E-state index contributed by atoms with van der Waals surface area (Å²) in [4.78, 5) is 40.0. The van der Waals surface area contributed by atoms with E-state index < -0.39 is 0 Å². The van der Waals surface area contributed by atoms with Crippen LogP contribution in [0.2, 0.25) is 0 Å². The number of halogens is 1. The molecule has 4 aromatic carbocycles. The Morgan fingerprint density at radius 1 is 0.507 bits per heavy atom. The molecule has 67 heavy (non-hydrogen) atoms. The monoisotopic (exact) mass is 940 g/mol. The van der Waals surface area contributed by atoms with Crippen molar-refractivity contribution in [2.24, 2.45) is 0 Å². The van der Waals surface area contributed by atoms with Gasteiger partial charge in [-0.1, -0.05) is 24.0 Å². The maximum Gasteiger partial charge on any atom is 0.226 e. The topological polar surface area (TPSA) is 176 Å². The molecule has 0 saturated heterocycles. The summed E-state index contributed by atoms with van der Waals surface area (Å²) >= 11 is 3.36. The van der Waals surface area contributed by atoms with Crippen molar-refractivity contribution in [1.82, 2.24) is 39.9 Å². The normalized spacial score (nSPS) is 11.6. The average molecular weight is 942 g/mol. The smallest absolute Gasteiger partial charge is 0.226 e. The Kier molecular flexibility index (Phi) is 14.0. The Hall–Kier alpha value is -9.02. The van der Waals surface area contributed by atoms with Crippen molar-refractivity contribution in [3.63, 3.8) is 0 Å². The van der Waals surface area contributed by atoms with Crippen molar-refractivity contribution in [2.45, 2.75) is 26.2 Å². The number of anilines is 2. The highest BCUT2D eigenvalue weighted by atomic mass is 79.9. The van der Waals surface area contributed by atoms with Crippen molar-refractivity contribution >= 4 is 27.8 Å². The van der Waals surface area contributed by atoms with Crippen molar-refractivity contribution in [1.29, 1.82) is 10.5 Å². The summed E-state index contributed by atoms with van der Waals surface area (Å²) in [5.41, 5.74) is 9.73. The van der Waals surface area contributed by atoms with Gasteiger partial charge in [0.25, 0.3) is 0 Å². The second-order valence-corrected chi connectivity index (χ2v) is 15.5. The van der Waals surface area contributed by atoms with Crippen molar-refractivity contribution in [3.05, 3.63) is 189 Å². The number of hydrogen-bond acceptors (Lipinski definition) is 14. The van der Waals surface area contributed by atoms with Gasteiger partial charge in [-0.15, -0.1) is 6.42 Å². The highest BCUT2D eigenvalue weighted by Gasteiger charge is 2.24. The van der Waals surface area contributed by atoms with Gasteiger partial charge in [-0.3, -0.25) is 0 Å². The molecule has 8 aromatic rings. The van der Waals surface area contributed by atoms with Gasteiger partial charge in [-0.2, -0.15) is 10.5 Å². The van der Waals surface area contributed by atoms with E-state index in [2.05, 4.69) is 109 Å². The summed E-state index contributed by atoms with van der Waals surface area (Å²) in [5.74, 6) is 12.7. The number of rotatable bonds is 6. The summed E-state index contributed by atoms with van der Waals surface area (Å²) in [6, 6.07) is 37.5. The molecule has 10 rings (SSSR count). The highest BCUT2D eigenvalue weighted by molar-refractivity contribution is 9.10. The van der Waals surface area contributed by atoms with Crippen LogP contribution in [0.3, 0.4) is 0 Å². The van der Waals surface area contributed by atoms with Crippen LogP contribution >= 0.6 is 15.9 Å². The van der Waals surface area contributed by atoms with Crippen LogP contribution in [-0.2, 0) is 26.2 Å². The fourth-order valence-electron chi connectivity index (χ4n) is 6.95. The van der Waals surface area contributed by atoms with E-state index in [4.69, 9.17) is 31.4 Å². The first-order valence-electron chi connectivity index (χ1n) is 20.6. The first-order valence-corrected chi connectivity index (χ1v) is 21.4. The van der Waals surface area contributed by atoms with E-state index >= 15 is 0 Å². The molecule has 0 amide bonds. The average Bonchev–Trinajstić information content (AvgIpc) is 4.03. The van der Waals surface area contributed by atoms with Crippen molar-refractivity contribution in [3.8, 4) is 70.9 Å². The molecular weight excluding hydrogens is 905 g/mol. The lowest BCUT2D eigenvalue weighted by Crippen LogP contribution is -2.17. The zero-order valence-electron chi connectivity index (χ0n) is 36.2. The minimum Gasteiger partial charge on any atom is -0.497 e. The van der Waals surface area contributed by atoms with Gasteiger partial charge in [0.05, 0.1) is 37.5 Å². The Morgan fingerprint density at radius 2 is 0.970 bits per heavy atom. The van der Waals surface area contributed by atoms with Gasteiger partial charge in [-0.05, 0) is 141 Å². The van der Waals surface area contributed by atoms with Crippen LogP contribution < -0.4 is 19.3 Å². The summed E-state index contributed by atoms with van der Waals surface area (Å²) in [6.45, 7) is 2.99. The Balaban J connectivity index is 0.000000156. The number of nitrogens with zero attached hydrogens (tertiary/aromatic N) is 12. The minimum atomic E-state index is 0.489.